The first-order chi connectivity index (χ1) is 15.2. The summed E-state index contributed by atoms with van der Waals surface area (Å²) in [6, 6.07) is 16.4. The summed E-state index contributed by atoms with van der Waals surface area (Å²) in [7, 11) is 0. The highest BCUT2D eigenvalue weighted by Crippen LogP contribution is 2.39. The predicted octanol–water partition coefficient (Wildman–Crippen LogP) is 0.797. The second-order valence-electron chi connectivity index (χ2n) is 8.57. The van der Waals surface area contributed by atoms with Crippen LogP contribution in [0.3, 0.4) is 0 Å². The molecular formula is C27H31ClN2O3. The first-order valence-corrected chi connectivity index (χ1v) is 10.9. The van der Waals surface area contributed by atoms with E-state index in [2.05, 4.69) is 48.8 Å². The van der Waals surface area contributed by atoms with Gasteiger partial charge >= 0.3 is 0 Å². The lowest BCUT2D eigenvalue weighted by molar-refractivity contribution is -0.396. The fourth-order valence-corrected chi connectivity index (χ4v) is 4.27. The number of nitrogens with one attached hydrogen (secondary N) is 1. The largest absolute Gasteiger partial charge is 1.00 e. The summed E-state index contributed by atoms with van der Waals surface area (Å²) in [6.45, 7) is 7.16. The molecule has 0 aliphatic heterocycles. The van der Waals surface area contributed by atoms with Crippen LogP contribution in [-0.2, 0) is 22.4 Å². The van der Waals surface area contributed by atoms with Crippen LogP contribution >= 0.6 is 0 Å². The van der Waals surface area contributed by atoms with Gasteiger partial charge in [-0.15, -0.1) is 0 Å². The Morgan fingerprint density at radius 3 is 2.03 bits per heavy atom. The van der Waals surface area contributed by atoms with Crippen molar-refractivity contribution < 1.29 is 32.5 Å². The quantitative estimate of drug-likeness (QED) is 0.428. The number of carbonyl (C=O) groups excluding carboxylic acids is 3. The standard InChI is InChI=1S/C13H13N.C9H9NO.C5H8O2.ClH/c1-8-9(2)14-12-7-10-5-3-4-6-11(10)13(8)12;10-8-5-6-3-1-2-4-7(6)9(8)11;1-4(6)3-5(2)7;/h3-6,14H,7H2,1-2H3;1-4,8H,5,10H2;3H2,1-2H3;1H. The van der Waals surface area contributed by atoms with E-state index in [4.69, 9.17) is 0 Å². The number of ketones is 3. The number of H-pyrrole nitrogens is 1. The van der Waals surface area contributed by atoms with Crippen LogP contribution in [0.2, 0.25) is 0 Å². The Balaban J connectivity index is 0.000000183. The number of rotatable bonds is 2. The van der Waals surface area contributed by atoms with E-state index in [9.17, 15) is 14.4 Å². The number of halogens is 1. The summed E-state index contributed by atoms with van der Waals surface area (Å²) >= 11 is 0. The van der Waals surface area contributed by atoms with E-state index in [0.717, 1.165) is 24.0 Å². The van der Waals surface area contributed by atoms with Crippen molar-refractivity contribution in [2.45, 2.75) is 53.0 Å². The third-order valence-corrected chi connectivity index (χ3v) is 5.85. The highest BCUT2D eigenvalue weighted by molar-refractivity contribution is 6.03. The molecule has 0 radical (unpaired) electrons. The Kier molecular flexibility index (Phi) is 8.91. The van der Waals surface area contributed by atoms with Gasteiger partial charge in [-0.25, -0.2) is 0 Å². The number of fused-ring (bicyclic) bond motifs is 4. The Morgan fingerprint density at radius 1 is 0.939 bits per heavy atom. The van der Waals surface area contributed by atoms with Crippen molar-refractivity contribution in [1.29, 1.82) is 0 Å². The molecule has 4 N–H and O–H groups in total. The minimum absolute atomic E-state index is 0. The highest BCUT2D eigenvalue weighted by Gasteiger charge is 2.29. The molecule has 1 heterocycles. The van der Waals surface area contributed by atoms with E-state index in [1.807, 2.05) is 24.3 Å². The predicted molar refractivity (Wildman–Crippen MR) is 126 cm³/mol. The minimum atomic E-state index is -0.0625. The average molecular weight is 467 g/mol. The molecule has 5 rings (SSSR count). The van der Waals surface area contributed by atoms with Gasteiger partial charge in [0, 0.05) is 35.4 Å². The van der Waals surface area contributed by atoms with Crippen molar-refractivity contribution in [3.05, 3.63) is 82.2 Å². The molecule has 3 aromatic rings. The van der Waals surface area contributed by atoms with Crippen molar-refractivity contribution in [3.8, 4) is 11.1 Å². The smallest absolute Gasteiger partial charge is 0.220 e. The summed E-state index contributed by atoms with van der Waals surface area (Å²) in [5, 5.41) is 0. The number of aryl methyl sites for hydroxylation is 1. The molecular weight excluding hydrogens is 436 g/mol. The van der Waals surface area contributed by atoms with Crippen molar-refractivity contribution in [3.63, 3.8) is 0 Å². The Labute approximate surface area is 201 Å². The van der Waals surface area contributed by atoms with E-state index in [1.165, 1.54) is 47.5 Å². The molecule has 0 bridgehead atoms. The maximum Gasteiger partial charge on any atom is 0.220 e. The average Bonchev–Trinajstić information content (AvgIpc) is 3.33. The Morgan fingerprint density at radius 2 is 1.48 bits per heavy atom. The molecule has 0 saturated carbocycles. The summed E-state index contributed by atoms with van der Waals surface area (Å²) in [5.41, 5.74) is 14.2. The number of benzene rings is 2. The van der Waals surface area contributed by atoms with Gasteiger partial charge in [0.1, 0.15) is 11.6 Å². The summed E-state index contributed by atoms with van der Waals surface area (Å²) in [5.74, 6) is 0.0700. The molecule has 1 aromatic heterocycles. The monoisotopic (exact) mass is 466 g/mol. The topological polar surface area (TPSA) is 94.6 Å². The van der Waals surface area contributed by atoms with Crippen LogP contribution in [0.25, 0.3) is 11.1 Å². The van der Waals surface area contributed by atoms with Crippen LogP contribution in [0.4, 0.5) is 0 Å². The molecule has 33 heavy (non-hydrogen) atoms. The lowest BCUT2D eigenvalue weighted by Gasteiger charge is -2.00. The third-order valence-electron chi connectivity index (χ3n) is 5.85. The molecule has 0 fully saturated rings. The molecule has 0 amide bonds. The zero-order valence-electron chi connectivity index (χ0n) is 19.6. The molecule has 5 nitrogen and oxygen atoms in total. The SMILES string of the molecule is CC(=O)CC(C)=O.Cc1[nH]c2c(c1C)-c1ccccc1C2.[Cl-].[NH3+]C1Cc2ccccc2C1=O. The number of carbonyl (C=O) groups is 3. The zero-order valence-corrected chi connectivity index (χ0v) is 20.4. The van der Waals surface area contributed by atoms with Crippen LogP contribution in [0.5, 0.6) is 0 Å². The normalized spacial score (nSPS) is 14.5. The number of aromatic amines is 1. The summed E-state index contributed by atoms with van der Waals surface area (Å²) in [6.07, 6.45) is 1.97. The van der Waals surface area contributed by atoms with E-state index in [0.29, 0.717) is 0 Å². The van der Waals surface area contributed by atoms with Gasteiger partial charge in [-0.05, 0) is 49.9 Å². The van der Waals surface area contributed by atoms with Crippen LogP contribution < -0.4 is 18.1 Å². The maximum absolute atomic E-state index is 11.3. The van der Waals surface area contributed by atoms with E-state index >= 15 is 0 Å². The second-order valence-corrected chi connectivity index (χ2v) is 8.57. The number of Topliss-reactive ketones (excluding diaryl/α,β-unsaturated/α-hetero) is 3. The Bertz CT molecular complexity index is 1170. The van der Waals surface area contributed by atoms with Gasteiger partial charge in [0.2, 0.25) is 5.78 Å². The molecule has 2 aromatic carbocycles. The van der Waals surface area contributed by atoms with Crippen LogP contribution in [-0.4, -0.2) is 28.4 Å². The summed E-state index contributed by atoms with van der Waals surface area (Å²) < 4.78 is 0. The molecule has 174 valence electrons. The van der Waals surface area contributed by atoms with Crippen molar-refractivity contribution in [2.24, 2.45) is 0 Å². The lowest BCUT2D eigenvalue weighted by Crippen LogP contribution is -3.00. The first kappa shape index (κ1) is 26.2. The fourth-order valence-electron chi connectivity index (χ4n) is 4.27. The number of aromatic nitrogens is 1. The number of hydrogen-bond acceptors (Lipinski definition) is 3. The van der Waals surface area contributed by atoms with Gasteiger partial charge < -0.3 is 23.1 Å². The molecule has 2 aliphatic rings. The van der Waals surface area contributed by atoms with Gasteiger partial charge in [-0.3, -0.25) is 14.4 Å². The second kappa shape index (κ2) is 11.2. The van der Waals surface area contributed by atoms with E-state index < -0.39 is 0 Å². The minimum Gasteiger partial charge on any atom is -1.00 e. The van der Waals surface area contributed by atoms with Gasteiger partial charge in [0.05, 0.1) is 6.42 Å². The van der Waals surface area contributed by atoms with Crippen molar-refractivity contribution in [1.82, 2.24) is 4.98 Å². The zero-order chi connectivity index (χ0) is 23.4. The van der Waals surface area contributed by atoms with Gasteiger partial charge in [0.25, 0.3) is 0 Å². The molecule has 1 atom stereocenters. The van der Waals surface area contributed by atoms with Crippen LogP contribution in [0.1, 0.15) is 58.7 Å². The lowest BCUT2D eigenvalue weighted by atomic mass is 10.0. The Hall–Kier alpha value is -3.02. The summed E-state index contributed by atoms with van der Waals surface area (Å²) in [4.78, 5) is 34.9. The van der Waals surface area contributed by atoms with E-state index in [-0.39, 0.29) is 42.2 Å². The van der Waals surface area contributed by atoms with Gasteiger partial charge in [-0.1, -0.05) is 48.5 Å². The van der Waals surface area contributed by atoms with Gasteiger partial charge in [0.15, 0.2) is 6.04 Å². The van der Waals surface area contributed by atoms with Crippen LogP contribution in [0.15, 0.2) is 48.5 Å². The number of hydrogen-bond donors (Lipinski definition) is 2. The molecule has 2 aliphatic carbocycles. The highest BCUT2D eigenvalue weighted by atomic mass is 35.5. The third kappa shape index (κ3) is 6.06. The fraction of sp³-hybridized carbons (Fsp3) is 0.296. The first-order valence-electron chi connectivity index (χ1n) is 10.9. The molecule has 0 saturated heterocycles. The molecule has 0 spiro atoms. The van der Waals surface area contributed by atoms with E-state index in [1.54, 1.807) is 0 Å². The maximum atomic E-state index is 11.3. The van der Waals surface area contributed by atoms with Crippen molar-refractivity contribution >= 4 is 17.3 Å². The number of quaternary nitrogens is 1. The molecule has 6 heteroatoms. The van der Waals surface area contributed by atoms with Crippen molar-refractivity contribution in [2.75, 3.05) is 0 Å². The molecule has 1 unspecified atom stereocenters. The van der Waals surface area contributed by atoms with Crippen LogP contribution in [0, 0.1) is 13.8 Å². The van der Waals surface area contributed by atoms with Gasteiger partial charge in [-0.2, -0.15) is 0 Å².